The Bertz CT molecular complexity index is 494. The van der Waals surface area contributed by atoms with E-state index >= 15 is 0 Å². The van der Waals surface area contributed by atoms with Gasteiger partial charge in [-0.25, -0.2) is 0 Å². The lowest BCUT2D eigenvalue weighted by atomic mass is 10.1. The van der Waals surface area contributed by atoms with Gasteiger partial charge in [0.25, 0.3) is 0 Å². The molecule has 0 spiro atoms. The second-order valence-corrected chi connectivity index (χ2v) is 5.15. The fourth-order valence-electron chi connectivity index (χ4n) is 1.55. The van der Waals surface area contributed by atoms with E-state index < -0.39 is 0 Å². The average Bonchev–Trinajstić information content (AvgIpc) is 2.77. The third-order valence-electron chi connectivity index (χ3n) is 2.55. The Labute approximate surface area is 109 Å². The average molecular weight is 295 g/mol. The van der Waals surface area contributed by atoms with Gasteiger partial charge in [-0.15, -0.1) is 0 Å². The first-order chi connectivity index (χ1) is 8.16. The maximum Gasteiger partial charge on any atom is 0.229 e. The van der Waals surface area contributed by atoms with Gasteiger partial charge >= 0.3 is 0 Å². The van der Waals surface area contributed by atoms with E-state index in [9.17, 15) is 0 Å². The molecule has 17 heavy (non-hydrogen) atoms. The van der Waals surface area contributed by atoms with Crippen LogP contribution < -0.4 is 0 Å². The molecule has 0 amide bonds. The minimum atomic E-state index is 0.291. The smallest absolute Gasteiger partial charge is 0.229 e. The Hall–Kier alpha value is -1.16. The SMILES string of the molecule is CC(C)c1nc(CCc2ccccc2Br)no1. The van der Waals surface area contributed by atoms with Crippen molar-refractivity contribution in [1.82, 2.24) is 10.1 Å². The van der Waals surface area contributed by atoms with E-state index in [1.54, 1.807) is 0 Å². The predicted octanol–water partition coefficient (Wildman–Crippen LogP) is 3.74. The van der Waals surface area contributed by atoms with Crippen LogP contribution in [0.3, 0.4) is 0 Å². The topological polar surface area (TPSA) is 38.9 Å². The van der Waals surface area contributed by atoms with Crippen LogP contribution in [0.1, 0.15) is 37.0 Å². The zero-order chi connectivity index (χ0) is 12.3. The van der Waals surface area contributed by atoms with Gasteiger partial charge in [0, 0.05) is 16.8 Å². The van der Waals surface area contributed by atoms with Gasteiger partial charge in [0.05, 0.1) is 0 Å². The highest BCUT2D eigenvalue weighted by Crippen LogP contribution is 2.18. The summed E-state index contributed by atoms with van der Waals surface area (Å²) < 4.78 is 6.30. The molecule has 2 aromatic rings. The lowest BCUT2D eigenvalue weighted by molar-refractivity contribution is 0.360. The molecule has 0 aliphatic carbocycles. The second-order valence-electron chi connectivity index (χ2n) is 4.29. The summed E-state index contributed by atoms with van der Waals surface area (Å²) in [7, 11) is 0. The lowest BCUT2D eigenvalue weighted by Crippen LogP contribution is -1.95. The van der Waals surface area contributed by atoms with Gasteiger partial charge in [0.2, 0.25) is 5.89 Å². The molecule has 0 aliphatic rings. The Morgan fingerprint density at radius 1 is 1.24 bits per heavy atom. The van der Waals surface area contributed by atoms with Crippen LogP contribution in [0, 0.1) is 0 Å². The molecule has 0 unspecified atom stereocenters. The Balaban J connectivity index is 2.00. The van der Waals surface area contributed by atoms with Crippen molar-refractivity contribution in [1.29, 1.82) is 0 Å². The van der Waals surface area contributed by atoms with Crippen LogP contribution in [0.25, 0.3) is 0 Å². The zero-order valence-electron chi connectivity index (χ0n) is 9.98. The Morgan fingerprint density at radius 2 is 2.00 bits per heavy atom. The molecule has 1 aromatic heterocycles. The molecular weight excluding hydrogens is 280 g/mol. The minimum absolute atomic E-state index is 0.291. The summed E-state index contributed by atoms with van der Waals surface area (Å²) >= 11 is 3.53. The molecule has 90 valence electrons. The van der Waals surface area contributed by atoms with E-state index in [1.807, 2.05) is 32.0 Å². The van der Waals surface area contributed by atoms with Gasteiger partial charge in [-0.2, -0.15) is 4.98 Å². The minimum Gasteiger partial charge on any atom is -0.339 e. The van der Waals surface area contributed by atoms with Crippen molar-refractivity contribution in [3.05, 3.63) is 46.0 Å². The molecule has 3 nitrogen and oxygen atoms in total. The van der Waals surface area contributed by atoms with Gasteiger partial charge < -0.3 is 4.52 Å². The van der Waals surface area contributed by atoms with E-state index in [4.69, 9.17) is 4.52 Å². The van der Waals surface area contributed by atoms with E-state index in [-0.39, 0.29) is 0 Å². The molecule has 0 radical (unpaired) electrons. The standard InChI is InChI=1S/C13H15BrN2O/c1-9(2)13-15-12(16-17-13)8-7-10-5-3-4-6-11(10)14/h3-6,9H,7-8H2,1-2H3. The molecule has 1 aromatic carbocycles. The molecule has 0 aliphatic heterocycles. The van der Waals surface area contributed by atoms with Gasteiger partial charge in [-0.1, -0.05) is 53.1 Å². The summed E-state index contributed by atoms with van der Waals surface area (Å²) in [6.45, 7) is 4.09. The third-order valence-corrected chi connectivity index (χ3v) is 3.33. The lowest BCUT2D eigenvalue weighted by Gasteiger charge is -2.01. The number of hydrogen-bond donors (Lipinski definition) is 0. The number of aryl methyl sites for hydroxylation is 2. The predicted molar refractivity (Wildman–Crippen MR) is 69.9 cm³/mol. The third kappa shape index (κ3) is 3.16. The van der Waals surface area contributed by atoms with E-state index in [0.29, 0.717) is 11.8 Å². The Kier molecular flexibility index (Phi) is 3.94. The van der Waals surface area contributed by atoms with Crippen molar-refractivity contribution in [3.63, 3.8) is 0 Å². The van der Waals surface area contributed by atoms with Crippen LogP contribution in [0.15, 0.2) is 33.3 Å². The summed E-state index contributed by atoms with van der Waals surface area (Å²) in [4.78, 5) is 4.36. The monoisotopic (exact) mass is 294 g/mol. The summed E-state index contributed by atoms with van der Waals surface area (Å²) in [5, 5.41) is 3.98. The van der Waals surface area contributed by atoms with Gasteiger partial charge in [0.1, 0.15) is 0 Å². The number of halogens is 1. The number of rotatable bonds is 4. The molecule has 0 saturated heterocycles. The summed E-state index contributed by atoms with van der Waals surface area (Å²) in [5.41, 5.74) is 1.27. The van der Waals surface area contributed by atoms with E-state index in [0.717, 1.165) is 23.1 Å². The molecule has 0 N–H and O–H groups in total. The van der Waals surface area contributed by atoms with E-state index in [1.165, 1.54) is 5.56 Å². The molecule has 0 bridgehead atoms. The largest absolute Gasteiger partial charge is 0.339 e. The maximum absolute atomic E-state index is 5.17. The summed E-state index contributed by atoms with van der Waals surface area (Å²) in [6, 6.07) is 8.20. The molecule has 0 atom stereocenters. The number of hydrogen-bond acceptors (Lipinski definition) is 3. The van der Waals surface area contributed by atoms with Crippen molar-refractivity contribution in [3.8, 4) is 0 Å². The van der Waals surface area contributed by atoms with Crippen molar-refractivity contribution in [2.75, 3.05) is 0 Å². The van der Waals surface area contributed by atoms with Crippen molar-refractivity contribution < 1.29 is 4.52 Å². The molecule has 0 saturated carbocycles. The van der Waals surface area contributed by atoms with Crippen molar-refractivity contribution in [2.24, 2.45) is 0 Å². The van der Waals surface area contributed by atoms with Crippen molar-refractivity contribution >= 4 is 15.9 Å². The van der Waals surface area contributed by atoms with Crippen LogP contribution in [0.4, 0.5) is 0 Å². The van der Waals surface area contributed by atoms with Gasteiger partial charge in [-0.05, 0) is 18.1 Å². The fraction of sp³-hybridized carbons (Fsp3) is 0.385. The van der Waals surface area contributed by atoms with Crippen LogP contribution in [0.5, 0.6) is 0 Å². The van der Waals surface area contributed by atoms with Gasteiger partial charge in [-0.3, -0.25) is 0 Å². The van der Waals surface area contributed by atoms with Crippen LogP contribution >= 0.6 is 15.9 Å². The van der Waals surface area contributed by atoms with Crippen LogP contribution in [0.2, 0.25) is 0 Å². The van der Waals surface area contributed by atoms with Crippen LogP contribution in [-0.2, 0) is 12.8 Å². The van der Waals surface area contributed by atoms with E-state index in [2.05, 4.69) is 32.1 Å². The normalized spacial score (nSPS) is 11.1. The van der Waals surface area contributed by atoms with Crippen LogP contribution in [-0.4, -0.2) is 10.1 Å². The zero-order valence-corrected chi connectivity index (χ0v) is 11.6. The first-order valence-corrected chi connectivity index (χ1v) is 6.52. The summed E-state index contributed by atoms with van der Waals surface area (Å²) in [5.74, 6) is 1.79. The quantitative estimate of drug-likeness (QED) is 0.862. The Morgan fingerprint density at radius 3 is 2.65 bits per heavy atom. The highest BCUT2D eigenvalue weighted by molar-refractivity contribution is 9.10. The van der Waals surface area contributed by atoms with Gasteiger partial charge in [0.15, 0.2) is 5.82 Å². The second kappa shape index (κ2) is 5.45. The fourth-order valence-corrected chi connectivity index (χ4v) is 2.03. The molecule has 0 fully saturated rings. The maximum atomic E-state index is 5.17. The summed E-state index contributed by atoms with van der Waals surface area (Å²) in [6.07, 6.45) is 1.72. The van der Waals surface area contributed by atoms with Crippen molar-refractivity contribution in [2.45, 2.75) is 32.6 Å². The molecular formula is C13H15BrN2O. The first kappa shape index (κ1) is 12.3. The number of aromatic nitrogens is 2. The molecule has 4 heteroatoms. The molecule has 1 heterocycles. The number of benzene rings is 1. The number of nitrogens with zero attached hydrogens (tertiary/aromatic N) is 2. The molecule has 2 rings (SSSR count). The highest BCUT2D eigenvalue weighted by atomic mass is 79.9. The highest BCUT2D eigenvalue weighted by Gasteiger charge is 2.10. The first-order valence-electron chi connectivity index (χ1n) is 5.72.